The maximum Gasteiger partial charge on any atom is 0.329 e. The van der Waals surface area contributed by atoms with Gasteiger partial charge in [-0.15, -0.1) is 0 Å². The Morgan fingerprint density at radius 2 is 1.59 bits per heavy atom. The molecule has 0 aromatic heterocycles. The third-order valence-electron chi connectivity index (χ3n) is 3.89. The van der Waals surface area contributed by atoms with E-state index in [4.69, 9.17) is 50.0 Å². The van der Waals surface area contributed by atoms with Gasteiger partial charge < -0.3 is 31.2 Å². The molecule has 0 aliphatic heterocycles. The van der Waals surface area contributed by atoms with Crippen molar-refractivity contribution in [2.75, 3.05) is 19.7 Å². The lowest BCUT2D eigenvalue weighted by molar-refractivity contribution is -0.154. The zero-order valence-electron chi connectivity index (χ0n) is 18.1. The standard InChI is InChI=1S/C20H25Cl3N4O7/c1-12(24)18(31)26-8-15(28)25-9-16(29)27-14(19(32)34-11-20(21,22)23)7-17(30)33-10-13-5-3-2-4-6-13/h2-6,12,14H,7-11,24H2,1H3,(H,25,28)(H,26,31)(H,27,29)/t12-,14-/m0/s1. The summed E-state index contributed by atoms with van der Waals surface area (Å²) in [6.45, 7) is -0.202. The minimum atomic E-state index is -1.91. The number of carbonyl (C=O) groups excluding carboxylic acids is 5. The fourth-order valence-corrected chi connectivity index (χ4v) is 2.39. The summed E-state index contributed by atoms with van der Waals surface area (Å²) in [4.78, 5) is 59.9. The Morgan fingerprint density at radius 3 is 2.18 bits per heavy atom. The van der Waals surface area contributed by atoms with E-state index >= 15 is 0 Å². The maximum absolute atomic E-state index is 12.3. The van der Waals surface area contributed by atoms with Crippen LogP contribution >= 0.6 is 34.8 Å². The lowest BCUT2D eigenvalue weighted by Gasteiger charge is -2.19. The molecule has 1 rings (SSSR count). The molecule has 5 N–H and O–H groups in total. The second-order valence-electron chi connectivity index (χ2n) is 6.98. The van der Waals surface area contributed by atoms with Gasteiger partial charge in [0.05, 0.1) is 25.6 Å². The van der Waals surface area contributed by atoms with Crippen LogP contribution < -0.4 is 21.7 Å². The van der Waals surface area contributed by atoms with Crippen molar-refractivity contribution in [1.82, 2.24) is 16.0 Å². The van der Waals surface area contributed by atoms with E-state index in [9.17, 15) is 24.0 Å². The first-order chi connectivity index (χ1) is 15.9. The molecule has 0 spiro atoms. The summed E-state index contributed by atoms with van der Waals surface area (Å²) in [5, 5.41) is 6.76. The van der Waals surface area contributed by atoms with E-state index in [0.717, 1.165) is 0 Å². The Balaban J connectivity index is 2.63. The third kappa shape index (κ3) is 13.2. The number of hydrogen-bond donors (Lipinski definition) is 4. The fraction of sp³-hybridized carbons (Fsp3) is 0.450. The van der Waals surface area contributed by atoms with Crippen LogP contribution in [0.3, 0.4) is 0 Å². The Labute approximate surface area is 210 Å². The molecular formula is C20H25Cl3N4O7. The molecule has 1 aromatic rings. The number of nitrogens with one attached hydrogen (secondary N) is 3. The number of nitrogens with two attached hydrogens (primary N) is 1. The van der Waals surface area contributed by atoms with E-state index in [-0.39, 0.29) is 6.61 Å². The Bertz CT molecular complexity index is 863. The number of alkyl halides is 3. The summed E-state index contributed by atoms with van der Waals surface area (Å²) >= 11 is 16.7. The molecule has 188 valence electrons. The van der Waals surface area contributed by atoms with Crippen LogP contribution in [0.1, 0.15) is 18.9 Å². The first kappa shape index (κ1) is 29.4. The molecule has 3 amide bonds. The second-order valence-corrected chi connectivity index (χ2v) is 9.49. The molecule has 0 aliphatic carbocycles. The molecule has 0 aliphatic rings. The normalized spacial score (nSPS) is 12.6. The molecule has 0 saturated heterocycles. The van der Waals surface area contributed by atoms with Gasteiger partial charge in [0, 0.05) is 0 Å². The molecule has 0 radical (unpaired) electrons. The van der Waals surface area contributed by atoms with E-state index in [1.807, 2.05) is 0 Å². The highest BCUT2D eigenvalue weighted by Crippen LogP contribution is 2.26. The number of amides is 3. The van der Waals surface area contributed by atoms with Crippen LogP contribution in [-0.4, -0.2) is 65.2 Å². The maximum atomic E-state index is 12.3. The Hall–Kier alpha value is -2.60. The van der Waals surface area contributed by atoms with Gasteiger partial charge in [0.2, 0.25) is 21.5 Å². The van der Waals surface area contributed by atoms with Gasteiger partial charge in [-0.1, -0.05) is 65.1 Å². The van der Waals surface area contributed by atoms with Gasteiger partial charge in [0.25, 0.3) is 0 Å². The molecule has 34 heavy (non-hydrogen) atoms. The zero-order valence-corrected chi connectivity index (χ0v) is 20.4. The van der Waals surface area contributed by atoms with Crippen molar-refractivity contribution in [3.05, 3.63) is 35.9 Å². The molecule has 1 aromatic carbocycles. The van der Waals surface area contributed by atoms with Crippen molar-refractivity contribution in [3.8, 4) is 0 Å². The van der Waals surface area contributed by atoms with E-state index in [1.54, 1.807) is 30.3 Å². The van der Waals surface area contributed by atoms with Crippen LogP contribution in [-0.2, 0) is 40.1 Å². The zero-order chi connectivity index (χ0) is 25.7. The SMILES string of the molecule is C[C@H](N)C(=O)NCC(=O)NCC(=O)N[C@@H](CC(=O)OCc1ccccc1)C(=O)OCC(Cl)(Cl)Cl. The predicted octanol–water partition coefficient (Wildman–Crippen LogP) is 0.0977. The molecule has 0 saturated carbocycles. The number of ether oxygens (including phenoxy) is 2. The largest absolute Gasteiger partial charge is 0.461 e. The van der Waals surface area contributed by atoms with Gasteiger partial charge in [-0.2, -0.15) is 0 Å². The summed E-state index contributed by atoms with van der Waals surface area (Å²) < 4.78 is 8.05. The van der Waals surface area contributed by atoms with Gasteiger partial charge in [0.15, 0.2) is 0 Å². The Kier molecular flexibility index (Phi) is 12.7. The summed E-state index contributed by atoms with van der Waals surface area (Å²) in [7, 11) is 0. The van der Waals surface area contributed by atoms with E-state index < -0.39 is 71.7 Å². The molecule has 2 atom stereocenters. The summed E-state index contributed by atoms with van der Waals surface area (Å²) in [5.74, 6) is -3.90. The number of rotatable bonds is 12. The minimum absolute atomic E-state index is 0.0489. The van der Waals surface area contributed by atoms with Crippen molar-refractivity contribution in [2.45, 2.75) is 35.8 Å². The van der Waals surface area contributed by atoms with Gasteiger partial charge in [-0.3, -0.25) is 19.2 Å². The number of halogens is 3. The van der Waals surface area contributed by atoms with Gasteiger partial charge in [-0.05, 0) is 12.5 Å². The average Bonchev–Trinajstić information content (AvgIpc) is 2.77. The monoisotopic (exact) mass is 538 g/mol. The molecule has 0 unspecified atom stereocenters. The fourth-order valence-electron chi connectivity index (χ4n) is 2.23. The highest BCUT2D eigenvalue weighted by atomic mass is 35.6. The molecule has 0 fully saturated rings. The van der Waals surface area contributed by atoms with Gasteiger partial charge in [0.1, 0.15) is 19.3 Å². The second kappa shape index (κ2) is 14.6. The molecular weight excluding hydrogens is 515 g/mol. The van der Waals surface area contributed by atoms with Crippen LogP contribution in [0.15, 0.2) is 30.3 Å². The lowest BCUT2D eigenvalue weighted by Crippen LogP contribution is -2.49. The summed E-state index contributed by atoms with van der Waals surface area (Å²) in [6, 6.07) is 6.51. The summed E-state index contributed by atoms with van der Waals surface area (Å²) in [5.41, 5.74) is 6.08. The number of carbonyl (C=O) groups is 5. The van der Waals surface area contributed by atoms with Crippen LogP contribution in [0.5, 0.6) is 0 Å². The quantitative estimate of drug-likeness (QED) is 0.214. The van der Waals surface area contributed by atoms with Crippen LogP contribution in [0.4, 0.5) is 0 Å². The lowest BCUT2D eigenvalue weighted by atomic mass is 10.2. The smallest absolute Gasteiger partial charge is 0.329 e. The highest BCUT2D eigenvalue weighted by Gasteiger charge is 2.29. The van der Waals surface area contributed by atoms with E-state index in [2.05, 4.69) is 16.0 Å². The molecule has 0 bridgehead atoms. The van der Waals surface area contributed by atoms with Crippen molar-refractivity contribution >= 4 is 64.5 Å². The van der Waals surface area contributed by atoms with Crippen molar-refractivity contribution < 1.29 is 33.4 Å². The third-order valence-corrected chi connectivity index (χ3v) is 4.22. The van der Waals surface area contributed by atoms with Gasteiger partial charge >= 0.3 is 11.9 Å². The number of hydrogen-bond acceptors (Lipinski definition) is 8. The van der Waals surface area contributed by atoms with Gasteiger partial charge in [-0.25, -0.2) is 4.79 Å². The van der Waals surface area contributed by atoms with Crippen LogP contribution in [0.2, 0.25) is 0 Å². The topological polar surface area (TPSA) is 166 Å². The molecule has 0 heterocycles. The van der Waals surface area contributed by atoms with E-state index in [0.29, 0.717) is 5.56 Å². The minimum Gasteiger partial charge on any atom is -0.461 e. The molecule has 14 heteroatoms. The van der Waals surface area contributed by atoms with Crippen LogP contribution in [0.25, 0.3) is 0 Å². The number of benzene rings is 1. The predicted molar refractivity (Wildman–Crippen MR) is 124 cm³/mol. The van der Waals surface area contributed by atoms with Crippen molar-refractivity contribution in [3.63, 3.8) is 0 Å². The molecule has 11 nitrogen and oxygen atoms in total. The Morgan fingerprint density at radius 1 is 0.971 bits per heavy atom. The van der Waals surface area contributed by atoms with Crippen molar-refractivity contribution in [1.29, 1.82) is 0 Å². The summed E-state index contributed by atoms with van der Waals surface area (Å²) in [6.07, 6.45) is -0.574. The average molecular weight is 540 g/mol. The highest BCUT2D eigenvalue weighted by molar-refractivity contribution is 6.67. The first-order valence-electron chi connectivity index (χ1n) is 9.89. The first-order valence-corrected chi connectivity index (χ1v) is 11.0. The van der Waals surface area contributed by atoms with E-state index in [1.165, 1.54) is 6.92 Å². The number of esters is 2. The van der Waals surface area contributed by atoms with Crippen LogP contribution in [0, 0.1) is 0 Å². The van der Waals surface area contributed by atoms with Crippen molar-refractivity contribution in [2.24, 2.45) is 5.73 Å².